The fourth-order valence-electron chi connectivity index (χ4n) is 1.76. The van der Waals surface area contributed by atoms with Gasteiger partial charge in [0.1, 0.15) is 17.4 Å². The van der Waals surface area contributed by atoms with Gasteiger partial charge in [0.05, 0.1) is 19.3 Å². The number of benzene rings is 1. The molecule has 0 saturated carbocycles. The molecule has 19 heavy (non-hydrogen) atoms. The van der Waals surface area contributed by atoms with E-state index in [1.54, 1.807) is 19.4 Å². The van der Waals surface area contributed by atoms with E-state index in [0.29, 0.717) is 18.2 Å². The summed E-state index contributed by atoms with van der Waals surface area (Å²) in [5.74, 6) is 2.10. The lowest BCUT2D eigenvalue weighted by Crippen LogP contribution is -2.05. The zero-order valence-corrected chi connectivity index (χ0v) is 11.4. The quantitative estimate of drug-likeness (QED) is 0.880. The van der Waals surface area contributed by atoms with E-state index in [1.165, 1.54) is 11.1 Å². The van der Waals surface area contributed by atoms with E-state index in [4.69, 9.17) is 10.5 Å². The minimum absolute atomic E-state index is 0.319. The Morgan fingerprint density at radius 1 is 1.26 bits per heavy atom. The zero-order valence-electron chi connectivity index (χ0n) is 11.4. The Hall–Kier alpha value is -2.14. The van der Waals surface area contributed by atoms with Crippen molar-refractivity contribution < 1.29 is 4.74 Å². The third-order valence-electron chi connectivity index (χ3n) is 2.97. The third kappa shape index (κ3) is 3.00. The summed E-state index contributed by atoms with van der Waals surface area (Å²) in [4.78, 5) is 8.38. The van der Waals surface area contributed by atoms with E-state index >= 15 is 0 Å². The summed E-state index contributed by atoms with van der Waals surface area (Å²) in [5.41, 5.74) is 8.80. The van der Waals surface area contributed by atoms with Crippen LogP contribution in [0.25, 0.3) is 0 Å². The van der Waals surface area contributed by atoms with Gasteiger partial charge >= 0.3 is 0 Å². The molecule has 0 radical (unpaired) electrons. The Labute approximate surface area is 112 Å². The van der Waals surface area contributed by atoms with Crippen LogP contribution in [0.3, 0.4) is 0 Å². The molecule has 1 heterocycles. The molecule has 0 fully saturated rings. The molecule has 0 amide bonds. The summed E-state index contributed by atoms with van der Waals surface area (Å²) in [6.07, 6.45) is 1.69. The maximum atomic E-state index is 5.53. The van der Waals surface area contributed by atoms with Crippen molar-refractivity contribution in [1.29, 1.82) is 0 Å². The number of aryl methyl sites for hydroxylation is 2. The molecule has 0 bridgehead atoms. The average Bonchev–Trinajstić information content (AvgIpc) is 2.43. The smallest absolute Gasteiger partial charge is 0.144 e. The second kappa shape index (κ2) is 5.67. The van der Waals surface area contributed by atoms with Crippen molar-refractivity contribution >= 4 is 11.5 Å². The molecule has 100 valence electrons. The number of nitrogens with zero attached hydrogens (tertiary/aromatic N) is 2. The predicted octanol–water partition coefficient (Wildman–Crippen LogP) is 2.30. The van der Waals surface area contributed by atoms with E-state index in [2.05, 4.69) is 29.1 Å². The van der Waals surface area contributed by atoms with Gasteiger partial charge in [0.15, 0.2) is 0 Å². The van der Waals surface area contributed by atoms with Crippen LogP contribution < -0.4 is 15.8 Å². The number of anilines is 2. The summed E-state index contributed by atoms with van der Waals surface area (Å²) in [5, 5.41) is 3.23. The first-order valence-electron chi connectivity index (χ1n) is 6.08. The molecule has 1 aromatic heterocycles. The number of methoxy groups -OCH3 is 1. The Morgan fingerprint density at radius 2 is 2.00 bits per heavy atom. The Morgan fingerprint density at radius 3 is 2.68 bits per heavy atom. The molecule has 0 atom stereocenters. The highest BCUT2D eigenvalue weighted by Gasteiger charge is 2.07. The summed E-state index contributed by atoms with van der Waals surface area (Å²) >= 11 is 0. The number of aromatic nitrogens is 2. The molecule has 3 N–H and O–H groups in total. The Balaban J connectivity index is 2.34. The normalized spacial score (nSPS) is 10.3. The first-order valence-corrected chi connectivity index (χ1v) is 6.08. The molecule has 5 nitrogen and oxygen atoms in total. The number of hydrogen-bond acceptors (Lipinski definition) is 5. The zero-order chi connectivity index (χ0) is 13.8. The first kappa shape index (κ1) is 13.3. The molecule has 0 spiro atoms. The third-order valence-corrected chi connectivity index (χ3v) is 2.97. The van der Waals surface area contributed by atoms with Crippen LogP contribution in [0.5, 0.6) is 5.75 Å². The highest BCUT2D eigenvalue weighted by Crippen LogP contribution is 2.29. The van der Waals surface area contributed by atoms with Crippen molar-refractivity contribution in [2.45, 2.75) is 20.4 Å². The summed E-state index contributed by atoms with van der Waals surface area (Å²) < 4.78 is 5.38. The van der Waals surface area contributed by atoms with Gasteiger partial charge in [-0.2, -0.15) is 0 Å². The van der Waals surface area contributed by atoms with E-state index in [0.717, 1.165) is 11.4 Å². The number of rotatable bonds is 4. The topological polar surface area (TPSA) is 73.1 Å². The molecule has 0 aliphatic rings. The van der Waals surface area contributed by atoms with E-state index in [1.807, 2.05) is 12.1 Å². The highest BCUT2D eigenvalue weighted by atomic mass is 16.5. The summed E-state index contributed by atoms with van der Waals surface area (Å²) in [6.45, 7) is 4.43. The molecule has 0 saturated heterocycles. The predicted molar refractivity (Wildman–Crippen MR) is 75.7 cm³/mol. The van der Waals surface area contributed by atoms with E-state index in [-0.39, 0.29) is 0 Å². The molecule has 2 aromatic rings. The number of hydrogen-bond donors (Lipinski definition) is 2. The second-order valence-corrected chi connectivity index (χ2v) is 4.32. The molecular formula is C14H18N4O. The van der Waals surface area contributed by atoms with Crippen LogP contribution in [0.1, 0.15) is 17.0 Å². The Kier molecular flexibility index (Phi) is 3.97. The van der Waals surface area contributed by atoms with Gasteiger partial charge in [0, 0.05) is 6.20 Å². The van der Waals surface area contributed by atoms with Crippen molar-refractivity contribution in [2.24, 2.45) is 5.73 Å². The number of nitrogens with one attached hydrogen (secondary N) is 1. The van der Waals surface area contributed by atoms with Crippen LogP contribution in [-0.2, 0) is 6.54 Å². The maximum Gasteiger partial charge on any atom is 0.144 e. The van der Waals surface area contributed by atoms with Gasteiger partial charge in [0.2, 0.25) is 0 Å². The highest BCUT2D eigenvalue weighted by molar-refractivity contribution is 5.66. The fraction of sp³-hybridized carbons (Fsp3) is 0.286. The van der Waals surface area contributed by atoms with Gasteiger partial charge < -0.3 is 15.8 Å². The molecule has 0 aliphatic heterocycles. The number of nitrogens with two attached hydrogens (primary N) is 1. The van der Waals surface area contributed by atoms with Gasteiger partial charge in [-0.3, -0.25) is 0 Å². The minimum atomic E-state index is 0.319. The minimum Gasteiger partial charge on any atom is -0.495 e. The standard InChI is InChI=1S/C14H18N4O/c1-9-6-11(12(19-3)7-10(9)2)17-13-4-5-16-14(8-15)18-13/h4-7H,8,15H2,1-3H3,(H,16,17,18). The van der Waals surface area contributed by atoms with Crippen molar-refractivity contribution in [3.05, 3.63) is 41.3 Å². The van der Waals surface area contributed by atoms with Crippen molar-refractivity contribution in [3.8, 4) is 5.75 Å². The van der Waals surface area contributed by atoms with Gasteiger partial charge in [-0.15, -0.1) is 0 Å². The largest absolute Gasteiger partial charge is 0.495 e. The Bertz CT molecular complexity index is 584. The average molecular weight is 258 g/mol. The van der Waals surface area contributed by atoms with E-state index < -0.39 is 0 Å². The molecular weight excluding hydrogens is 240 g/mol. The van der Waals surface area contributed by atoms with Crippen LogP contribution in [0.15, 0.2) is 24.4 Å². The molecule has 2 rings (SSSR count). The van der Waals surface area contributed by atoms with Crippen molar-refractivity contribution in [2.75, 3.05) is 12.4 Å². The van der Waals surface area contributed by atoms with Gasteiger partial charge in [-0.05, 0) is 43.2 Å². The fourth-order valence-corrected chi connectivity index (χ4v) is 1.76. The van der Waals surface area contributed by atoms with E-state index in [9.17, 15) is 0 Å². The van der Waals surface area contributed by atoms with Gasteiger partial charge in [-0.1, -0.05) is 0 Å². The maximum absolute atomic E-state index is 5.53. The van der Waals surface area contributed by atoms with Crippen molar-refractivity contribution in [3.63, 3.8) is 0 Å². The molecule has 0 unspecified atom stereocenters. The van der Waals surface area contributed by atoms with Crippen LogP contribution >= 0.6 is 0 Å². The van der Waals surface area contributed by atoms with Gasteiger partial charge in [0.25, 0.3) is 0 Å². The SMILES string of the molecule is COc1cc(C)c(C)cc1Nc1ccnc(CN)n1. The summed E-state index contributed by atoms with van der Waals surface area (Å²) in [7, 11) is 1.65. The van der Waals surface area contributed by atoms with Crippen molar-refractivity contribution in [1.82, 2.24) is 9.97 Å². The monoisotopic (exact) mass is 258 g/mol. The van der Waals surface area contributed by atoms with Crippen LogP contribution in [0.2, 0.25) is 0 Å². The number of ether oxygens (including phenoxy) is 1. The summed E-state index contributed by atoms with van der Waals surface area (Å²) in [6, 6.07) is 5.84. The second-order valence-electron chi connectivity index (χ2n) is 4.32. The lowest BCUT2D eigenvalue weighted by molar-refractivity contribution is 0.416. The first-order chi connectivity index (χ1) is 9.13. The molecule has 1 aromatic carbocycles. The lowest BCUT2D eigenvalue weighted by Gasteiger charge is -2.13. The van der Waals surface area contributed by atoms with Crippen LogP contribution in [0.4, 0.5) is 11.5 Å². The molecule has 5 heteroatoms. The van der Waals surface area contributed by atoms with Gasteiger partial charge in [-0.25, -0.2) is 9.97 Å². The van der Waals surface area contributed by atoms with Crippen LogP contribution in [0, 0.1) is 13.8 Å². The molecule has 0 aliphatic carbocycles. The van der Waals surface area contributed by atoms with Crippen LogP contribution in [-0.4, -0.2) is 17.1 Å². The lowest BCUT2D eigenvalue weighted by atomic mass is 10.1.